The predicted octanol–water partition coefficient (Wildman–Crippen LogP) is 8.49. The van der Waals surface area contributed by atoms with Gasteiger partial charge >= 0.3 is 0 Å². The second-order valence-electron chi connectivity index (χ2n) is 8.24. The molecule has 0 radical (unpaired) electrons. The van der Waals surface area contributed by atoms with Crippen LogP contribution in [-0.4, -0.2) is 4.57 Å². The van der Waals surface area contributed by atoms with E-state index in [-0.39, 0.29) is 0 Å². The van der Waals surface area contributed by atoms with Gasteiger partial charge in [0, 0.05) is 16.5 Å². The van der Waals surface area contributed by atoms with Gasteiger partial charge < -0.3 is 4.57 Å². The van der Waals surface area contributed by atoms with Crippen LogP contribution in [0.1, 0.15) is 12.5 Å². The summed E-state index contributed by atoms with van der Waals surface area (Å²) in [6, 6.07) is 32.7. The van der Waals surface area contributed by atoms with E-state index in [0.29, 0.717) is 0 Å². The first-order chi connectivity index (χ1) is 16.2. The average Bonchev–Trinajstić information content (AvgIpc) is 3.19. The zero-order valence-electron chi connectivity index (χ0n) is 18.9. The van der Waals surface area contributed by atoms with Crippen molar-refractivity contribution < 1.29 is 0 Å². The fourth-order valence-corrected chi connectivity index (χ4v) is 4.47. The van der Waals surface area contributed by atoms with Crippen molar-refractivity contribution in [2.75, 3.05) is 0 Å². The maximum absolute atomic E-state index is 5.52. The molecule has 0 bridgehead atoms. The van der Waals surface area contributed by atoms with Crippen molar-refractivity contribution in [1.29, 1.82) is 0 Å². The Kier molecular flexibility index (Phi) is 5.43. The smallest absolute Gasteiger partial charge is 0.0541 e. The number of fused-ring (bicyclic) bond motifs is 3. The SMILES string of the molecule is C#C/C=C\C(=C/C)n1c2ccc(-c3ccccc3)cc2c2cc(-c3ccc(C)cc3)ccc21. The van der Waals surface area contributed by atoms with Gasteiger partial charge in [0.25, 0.3) is 0 Å². The molecule has 1 heterocycles. The highest BCUT2D eigenvalue weighted by atomic mass is 15.0. The van der Waals surface area contributed by atoms with Gasteiger partial charge in [0.15, 0.2) is 0 Å². The van der Waals surface area contributed by atoms with Gasteiger partial charge in [-0.1, -0.05) is 84.3 Å². The Balaban J connectivity index is 1.81. The third-order valence-electron chi connectivity index (χ3n) is 6.16. The van der Waals surface area contributed by atoms with Gasteiger partial charge in [-0.25, -0.2) is 0 Å². The van der Waals surface area contributed by atoms with Gasteiger partial charge in [0.05, 0.1) is 11.0 Å². The highest BCUT2D eigenvalue weighted by Crippen LogP contribution is 2.37. The molecule has 4 aromatic carbocycles. The standard InChI is InChI=1S/C32H25N/c1-4-6-12-28(5-2)33-31-19-17-26(24-10-8-7-9-11-24)21-29(31)30-22-27(18-20-32(30)33)25-15-13-23(3)14-16-25/h1,5-22H,2-3H3/b12-6-,28-5+. The van der Waals surface area contributed by atoms with E-state index in [1.807, 2.05) is 13.0 Å². The number of hydrogen-bond acceptors (Lipinski definition) is 0. The number of rotatable bonds is 4. The largest absolute Gasteiger partial charge is 0.310 e. The van der Waals surface area contributed by atoms with Gasteiger partial charge in [0.1, 0.15) is 0 Å². The van der Waals surface area contributed by atoms with Crippen LogP contribution in [0.25, 0.3) is 49.8 Å². The summed E-state index contributed by atoms with van der Waals surface area (Å²) < 4.78 is 2.30. The van der Waals surface area contributed by atoms with Crippen molar-refractivity contribution in [3.05, 3.63) is 115 Å². The predicted molar refractivity (Wildman–Crippen MR) is 143 cm³/mol. The Hall–Kier alpha value is -4.28. The van der Waals surface area contributed by atoms with E-state index in [4.69, 9.17) is 6.42 Å². The number of aromatic nitrogens is 1. The van der Waals surface area contributed by atoms with Gasteiger partial charge in [-0.05, 0) is 72.5 Å². The van der Waals surface area contributed by atoms with Crippen LogP contribution in [0.4, 0.5) is 0 Å². The van der Waals surface area contributed by atoms with E-state index in [1.54, 1.807) is 6.08 Å². The topological polar surface area (TPSA) is 4.93 Å². The van der Waals surface area contributed by atoms with Crippen molar-refractivity contribution >= 4 is 27.5 Å². The van der Waals surface area contributed by atoms with Crippen molar-refractivity contribution in [3.8, 4) is 34.6 Å². The van der Waals surface area contributed by atoms with Crippen LogP contribution in [0, 0.1) is 19.3 Å². The molecule has 0 atom stereocenters. The summed E-state index contributed by atoms with van der Waals surface area (Å²) in [6.07, 6.45) is 11.4. The lowest BCUT2D eigenvalue weighted by molar-refractivity contribution is 1.23. The Morgan fingerprint density at radius 2 is 1.27 bits per heavy atom. The molecule has 0 fully saturated rings. The van der Waals surface area contributed by atoms with E-state index in [9.17, 15) is 0 Å². The molecule has 158 valence electrons. The molecule has 0 N–H and O–H groups in total. The van der Waals surface area contributed by atoms with Crippen molar-refractivity contribution in [2.45, 2.75) is 13.8 Å². The highest BCUT2D eigenvalue weighted by Gasteiger charge is 2.14. The van der Waals surface area contributed by atoms with Gasteiger partial charge in [-0.2, -0.15) is 0 Å². The van der Waals surface area contributed by atoms with Crippen molar-refractivity contribution in [2.24, 2.45) is 0 Å². The molecule has 1 heteroatoms. The molecule has 0 amide bonds. The number of allylic oxidation sites excluding steroid dienone is 4. The lowest BCUT2D eigenvalue weighted by Gasteiger charge is -2.09. The molecule has 0 spiro atoms. The molecule has 0 saturated heterocycles. The summed E-state index contributed by atoms with van der Waals surface area (Å²) in [5, 5.41) is 2.46. The van der Waals surface area contributed by atoms with Crippen LogP contribution in [0.3, 0.4) is 0 Å². The lowest BCUT2D eigenvalue weighted by Crippen LogP contribution is -1.94. The highest BCUT2D eigenvalue weighted by molar-refractivity contribution is 6.12. The third-order valence-corrected chi connectivity index (χ3v) is 6.16. The van der Waals surface area contributed by atoms with E-state index < -0.39 is 0 Å². The van der Waals surface area contributed by atoms with Crippen LogP contribution in [0.2, 0.25) is 0 Å². The molecule has 1 nitrogen and oxygen atoms in total. The summed E-state index contributed by atoms with van der Waals surface area (Å²) in [7, 11) is 0. The Labute approximate surface area is 195 Å². The summed E-state index contributed by atoms with van der Waals surface area (Å²) >= 11 is 0. The molecular formula is C32H25N. The number of hydrogen-bond donors (Lipinski definition) is 0. The molecule has 0 aliphatic heterocycles. The second-order valence-corrected chi connectivity index (χ2v) is 8.24. The number of aryl methyl sites for hydroxylation is 1. The van der Waals surface area contributed by atoms with Gasteiger partial charge in [-0.15, -0.1) is 6.42 Å². The quantitative estimate of drug-likeness (QED) is 0.202. The Morgan fingerprint density at radius 3 is 1.82 bits per heavy atom. The van der Waals surface area contributed by atoms with Gasteiger partial charge in [-0.3, -0.25) is 0 Å². The fraction of sp³-hybridized carbons (Fsp3) is 0.0625. The maximum atomic E-state index is 5.52. The van der Waals surface area contributed by atoms with Crippen LogP contribution >= 0.6 is 0 Å². The lowest BCUT2D eigenvalue weighted by atomic mass is 10.00. The monoisotopic (exact) mass is 423 g/mol. The zero-order chi connectivity index (χ0) is 22.8. The van der Waals surface area contributed by atoms with Crippen LogP contribution in [0.15, 0.2) is 109 Å². The van der Waals surface area contributed by atoms with Crippen LogP contribution in [0.5, 0.6) is 0 Å². The number of benzene rings is 4. The first-order valence-corrected chi connectivity index (χ1v) is 11.2. The van der Waals surface area contributed by atoms with Gasteiger partial charge in [0.2, 0.25) is 0 Å². The van der Waals surface area contributed by atoms with Crippen LogP contribution < -0.4 is 0 Å². The third kappa shape index (κ3) is 3.77. The summed E-state index contributed by atoms with van der Waals surface area (Å²) in [5.41, 5.74) is 9.53. The molecule has 0 aliphatic carbocycles. The molecule has 33 heavy (non-hydrogen) atoms. The second kappa shape index (κ2) is 8.69. The molecule has 0 saturated carbocycles. The molecule has 1 aromatic heterocycles. The van der Waals surface area contributed by atoms with E-state index in [2.05, 4.69) is 114 Å². The fourth-order valence-electron chi connectivity index (χ4n) is 4.47. The van der Waals surface area contributed by atoms with E-state index in [0.717, 1.165) is 5.70 Å². The minimum atomic E-state index is 1.06. The van der Waals surface area contributed by atoms with Crippen molar-refractivity contribution in [1.82, 2.24) is 4.57 Å². The maximum Gasteiger partial charge on any atom is 0.0541 e. The van der Waals surface area contributed by atoms with E-state index in [1.165, 1.54) is 49.6 Å². The van der Waals surface area contributed by atoms with Crippen LogP contribution in [-0.2, 0) is 0 Å². The van der Waals surface area contributed by atoms with Crippen molar-refractivity contribution in [3.63, 3.8) is 0 Å². The minimum Gasteiger partial charge on any atom is -0.310 e. The molecular weight excluding hydrogens is 398 g/mol. The Bertz CT molecular complexity index is 1550. The normalized spacial score (nSPS) is 12.0. The summed E-state index contributed by atoms with van der Waals surface area (Å²) in [6.45, 7) is 4.17. The first-order valence-electron chi connectivity index (χ1n) is 11.2. The molecule has 0 aliphatic rings. The Morgan fingerprint density at radius 1 is 0.727 bits per heavy atom. The number of nitrogens with zero attached hydrogens (tertiary/aromatic N) is 1. The average molecular weight is 424 g/mol. The zero-order valence-corrected chi connectivity index (χ0v) is 18.9. The first kappa shape index (κ1) is 20.6. The molecule has 0 unspecified atom stereocenters. The number of terminal acetylenes is 1. The minimum absolute atomic E-state index is 1.06. The molecule has 5 aromatic rings. The molecule has 5 rings (SSSR count). The van der Waals surface area contributed by atoms with E-state index >= 15 is 0 Å². The summed E-state index contributed by atoms with van der Waals surface area (Å²) in [4.78, 5) is 0. The summed E-state index contributed by atoms with van der Waals surface area (Å²) in [5.74, 6) is 2.62.